The van der Waals surface area contributed by atoms with Crippen molar-refractivity contribution in [2.45, 2.75) is 16.2 Å². The van der Waals surface area contributed by atoms with Gasteiger partial charge in [0.25, 0.3) is 11.4 Å². The molecule has 3 rings (SSSR count). The number of halogens is 3. The zero-order chi connectivity index (χ0) is 22.8. The molecule has 0 spiro atoms. The smallest absolute Gasteiger partial charge is 0.433 e. The molecular weight excluding hydrogens is 441 g/mol. The van der Waals surface area contributed by atoms with Crippen LogP contribution in [0.15, 0.2) is 58.6 Å². The third-order valence-electron chi connectivity index (χ3n) is 3.93. The number of aromatic nitrogens is 2. The molecule has 0 atom stereocenters. The minimum atomic E-state index is -4.79. The molecule has 0 radical (unpaired) electrons. The summed E-state index contributed by atoms with van der Waals surface area (Å²) < 4.78 is 45.1. The first-order chi connectivity index (χ1) is 14.6. The van der Waals surface area contributed by atoms with Crippen LogP contribution in [0.3, 0.4) is 0 Å². The number of alkyl halides is 3. The maximum absolute atomic E-state index is 13.4. The Kier molecular flexibility index (Phi) is 6.06. The summed E-state index contributed by atoms with van der Waals surface area (Å²) in [6, 6.07) is 9.65. The highest BCUT2D eigenvalue weighted by Gasteiger charge is 2.34. The monoisotopic (exact) mass is 452 g/mol. The van der Waals surface area contributed by atoms with Crippen LogP contribution >= 0.6 is 11.8 Å². The second-order valence-corrected chi connectivity index (χ2v) is 6.92. The van der Waals surface area contributed by atoms with E-state index in [1.165, 1.54) is 19.2 Å². The lowest BCUT2D eigenvalue weighted by atomic mass is 10.1. The van der Waals surface area contributed by atoms with Gasteiger partial charge in [-0.3, -0.25) is 20.2 Å². The topological polar surface area (TPSA) is 121 Å². The minimum absolute atomic E-state index is 0.0583. The van der Waals surface area contributed by atoms with Crippen molar-refractivity contribution in [2.24, 2.45) is 0 Å². The van der Waals surface area contributed by atoms with E-state index in [1.54, 1.807) is 12.1 Å². The highest BCUT2D eigenvalue weighted by atomic mass is 32.2. The molecule has 13 heteroatoms. The van der Waals surface area contributed by atoms with Gasteiger partial charge in [0.15, 0.2) is 5.16 Å². The van der Waals surface area contributed by atoms with E-state index >= 15 is 0 Å². The van der Waals surface area contributed by atoms with Crippen molar-refractivity contribution < 1.29 is 27.8 Å². The standard InChI is InChI=1S/C18H11F3N4O5S/c1-30-12-5-2-10(3-6-12)13-9-16(18(19,20)21)23-17(22-13)31-15-7-4-11(24(26)27)8-14(15)25(28)29/h2-9H,1H3. The Balaban J connectivity index is 2.08. The third-order valence-corrected chi connectivity index (χ3v) is 4.86. The van der Waals surface area contributed by atoms with Crippen molar-refractivity contribution >= 4 is 23.1 Å². The van der Waals surface area contributed by atoms with Crippen molar-refractivity contribution in [1.29, 1.82) is 0 Å². The quantitative estimate of drug-likeness (QED) is 0.286. The molecule has 9 nitrogen and oxygen atoms in total. The summed E-state index contributed by atoms with van der Waals surface area (Å²) in [6.07, 6.45) is -4.79. The van der Waals surface area contributed by atoms with Crippen molar-refractivity contribution in [3.05, 3.63) is 74.5 Å². The molecule has 160 valence electrons. The number of benzene rings is 2. The Morgan fingerprint density at radius 3 is 2.19 bits per heavy atom. The van der Waals surface area contributed by atoms with Crippen molar-refractivity contribution in [1.82, 2.24) is 9.97 Å². The van der Waals surface area contributed by atoms with Gasteiger partial charge in [-0.1, -0.05) is 0 Å². The van der Waals surface area contributed by atoms with Gasteiger partial charge >= 0.3 is 6.18 Å². The Labute approximate surface area is 176 Å². The van der Waals surface area contributed by atoms with Gasteiger partial charge in [-0.15, -0.1) is 0 Å². The predicted molar refractivity (Wildman–Crippen MR) is 103 cm³/mol. The number of rotatable bonds is 6. The average molecular weight is 452 g/mol. The van der Waals surface area contributed by atoms with E-state index in [9.17, 15) is 33.4 Å². The summed E-state index contributed by atoms with van der Waals surface area (Å²) in [6.45, 7) is 0. The molecule has 3 aromatic rings. The molecule has 0 saturated carbocycles. The zero-order valence-electron chi connectivity index (χ0n) is 15.5. The first kappa shape index (κ1) is 22.0. The average Bonchev–Trinajstić information content (AvgIpc) is 2.73. The molecule has 0 saturated heterocycles. The Morgan fingerprint density at radius 1 is 0.968 bits per heavy atom. The predicted octanol–water partition coefficient (Wildman–Crippen LogP) is 5.14. The number of hydrogen-bond acceptors (Lipinski definition) is 8. The molecule has 0 fully saturated rings. The molecule has 0 aliphatic heterocycles. The number of hydrogen-bond donors (Lipinski definition) is 0. The van der Waals surface area contributed by atoms with Crippen LogP contribution in [0.1, 0.15) is 5.69 Å². The molecule has 0 aliphatic rings. The molecule has 0 aliphatic carbocycles. The maximum atomic E-state index is 13.4. The number of nitro benzene ring substituents is 2. The van der Waals surface area contributed by atoms with Gasteiger partial charge in [-0.2, -0.15) is 13.2 Å². The molecule has 0 amide bonds. The van der Waals surface area contributed by atoms with E-state index in [0.29, 0.717) is 23.1 Å². The second-order valence-electron chi connectivity index (χ2n) is 5.92. The molecule has 0 unspecified atom stereocenters. The van der Waals surface area contributed by atoms with Crippen LogP contribution in [0.4, 0.5) is 24.5 Å². The lowest BCUT2D eigenvalue weighted by Gasteiger charge is -2.11. The summed E-state index contributed by atoms with van der Waals surface area (Å²) in [7, 11) is 1.44. The van der Waals surface area contributed by atoms with Crippen LogP contribution in [0.5, 0.6) is 5.75 Å². The number of nitro groups is 2. The van der Waals surface area contributed by atoms with Gasteiger partial charge in [0.1, 0.15) is 11.4 Å². The Hall–Kier alpha value is -3.74. The van der Waals surface area contributed by atoms with Crippen molar-refractivity contribution in [2.75, 3.05) is 7.11 Å². The molecule has 1 heterocycles. The van der Waals surface area contributed by atoms with Gasteiger partial charge < -0.3 is 4.74 Å². The van der Waals surface area contributed by atoms with Gasteiger partial charge in [0.2, 0.25) is 0 Å². The largest absolute Gasteiger partial charge is 0.497 e. The lowest BCUT2D eigenvalue weighted by molar-refractivity contribution is -0.396. The van der Waals surface area contributed by atoms with Gasteiger partial charge in [0, 0.05) is 11.6 Å². The normalized spacial score (nSPS) is 11.2. The minimum Gasteiger partial charge on any atom is -0.497 e. The van der Waals surface area contributed by atoms with Crippen molar-refractivity contribution in [3.8, 4) is 17.0 Å². The van der Waals surface area contributed by atoms with Gasteiger partial charge in [-0.05, 0) is 48.2 Å². The van der Waals surface area contributed by atoms with Crippen LogP contribution in [0.2, 0.25) is 0 Å². The second kappa shape index (κ2) is 8.55. The molecule has 0 bridgehead atoms. The van der Waals surface area contributed by atoms with Crippen LogP contribution in [0.25, 0.3) is 11.3 Å². The van der Waals surface area contributed by atoms with Crippen LogP contribution in [-0.4, -0.2) is 26.9 Å². The molecule has 0 N–H and O–H groups in total. The van der Waals surface area contributed by atoms with E-state index in [0.717, 1.165) is 24.3 Å². The number of ether oxygens (including phenoxy) is 1. The van der Waals surface area contributed by atoms with E-state index in [2.05, 4.69) is 9.97 Å². The fraction of sp³-hybridized carbons (Fsp3) is 0.111. The first-order valence-corrected chi connectivity index (χ1v) is 9.11. The van der Waals surface area contributed by atoms with E-state index in [4.69, 9.17) is 4.74 Å². The van der Waals surface area contributed by atoms with Crippen molar-refractivity contribution in [3.63, 3.8) is 0 Å². The van der Waals surface area contributed by atoms with E-state index < -0.39 is 38.2 Å². The first-order valence-electron chi connectivity index (χ1n) is 8.30. The molecule has 1 aromatic heterocycles. The molecule has 2 aromatic carbocycles. The SMILES string of the molecule is COc1ccc(-c2cc(C(F)(F)F)nc(Sc3ccc([N+](=O)[O-])cc3[N+](=O)[O-])n2)cc1. The summed E-state index contributed by atoms with van der Waals surface area (Å²) >= 11 is 0.499. The number of nitrogens with zero attached hydrogens (tertiary/aromatic N) is 4. The van der Waals surface area contributed by atoms with Crippen LogP contribution in [0, 0.1) is 20.2 Å². The zero-order valence-corrected chi connectivity index (χ0v) is 16.3. The van der Waals surface area contributed by atoms with Crippen LogP contribution < -0.4 is 4.74 Å². The fourth-order valence-corrected chi connectivity index (χ4v) is 3.33. The number of non-ortho nitro benzene ring substituents is 1. The third kappa shape index (κ3) is 5.06. The van der Waals surface area contributed by atoms with E-state index in [1.807, 2.05) is 0 Å². The summed E-state index contributed by atoms with van der Waals surface area (Å²) in [5.74, 6) is 0.491. The Morgan fingerprint density at radius 2 is 1.65 bits per heavy atom. The van der Waals surface area contributed by atoms with Gasteiger partial charge in [-0.25, -0.2) is 9.97 Å². The Bertz CT molecular complexity index is 1160. The fourth-order valence-electron chi connectivity index (χ4n) is 2.47. The number of methoxy groups -OCH3 is 1. The molecule has 31 heavy (non-hydrogen) atoms. The summed E-state index contributed by atoms with van der Waals surface area (Å²) in [5, 5.41) is 21.8. The van der Waals surface area contributed by atoms with E-state index in [-0.39, 0.29) is 10.6 Å². The maximum Gasteiger partial charge on any atom is 0.433 e. The highest BCUT2D eigenvalue weighted by molar-refractivity contribution is 7.99. The highest BCUT2D eigenvalue weighted by Crippen LogP contribution is 2.38. The summed E-state index contributed by atoms with van der Waals surface area (Å²) in [5.41, 5.74) is -2.13. The van der Waals surface area contributed by atoms with Gasteiger partial charge in [0.05, 0.1) is 33.6 Å². The summed E-state index contributed by atoms with van der Waals surface area (Å²) in [4.78, 5) is 27.9. The lowest BCUT2D eigenvalue weighted by Crippen LogP contribution is -2.10. The molecular formula is C18H11F3N4O5S. The van der Waals surface area contributed by atoms with Crippen LogP contribution in [-0.2, 0) is 6.18 Å².